The van der Waals surface area contributed by atoms with E-state index in [4.69, 9.17) is 16.9 Å². The van der Waals surface area contributed by atoms with Crippen molar-refractivity contribution in [2.75, 3.05) is 0 Å². The first-order chi connectivity index (χ1) is 13.2. The molecule has 8 heteroatoms. The zero-order valence-corrected chi connectivity index (χ0v) is 15.0. The molecule has 1 aromatic carbocycles. The van der Waals surface area contributed by atoms with Crippen molar-refractivity contribution in [2.45, 2.75) is 13.0 Å². The third-order valence-electron chi connectivity index (χ3n) is 3.67. The number of benzene rings is 1. The highest BCUT2D eigenvalue weighted by Gasteiger charge is 2.10. The Bertz CT molecular complexity index is 989. The molecule has 0 unspecified atom stereocenters. The summed E-state index contributed by atoms with van der Waals surface area (Å²) in [6.45, 7) is 0.467. The molecule has 0 saturated carbocycles. The molecule has 3 aromatic rings. The lowest BCUT2D eigenvalue weighted by atomic mass is 10.1. The van der Waals surface area contributed by atoms with Crippen LogP contribution in [0, 0.1) is 11.3 Å². The van der Waals surface area contributed by atoms with Crippen LogP contribution in [0.3, 0.4) is 0 Å². The van der Waals surface area contributed by atoms with Gasteiger partial charge in [0, 0.05) is 40.3 Å². The molecule has 1 amide bonds. The Morgan fingerprint density at radius 1 is 1.26 bits per heavy atom. The van der Waals surface area contributed by atoms with Crippen LogP contribution in [0.1, 0.15) is 22.3 Å². The Kier molecular flexibility index (Phi) is 5.92. The first kappa shape index (κ1) is 18.3. The van der Waals surface area contributed by atoms with Gasteiger partial charge in [0.1, 0.15) is 5.69 Å². The number of rotatable bonds is 6. The van der Waals surface area contributed by atoms with Gasteiger partial charge in [0.25, 0.3) is 5.91 Å². The van der Waals surface area contributed by atoms with E-state index >= 15 is 0 Å². The van der Waals surface area contributed by atoms with E-state index in [9.17, 15) is 4.79 Å². The Labute approximate surface area is 160 Å². The smallest absolute Gasteiger partial charge is 0.270 e. The van der Waals surface area contributed by atoms with Crippen LogP contribution in [0.25, 0.3) is 11.3 Å². The fraction of sp³-hybridized carbons (Fsp3) is 0.105. The number of amides is 1. The van der Waals surface area contributed by atoms with E-state index in [-0.39, 0.29) is 5.91 Å². The van der Waals surface area contributed by atoms with E-state index in [1.165, 1.54) is 18.6 Å². The molecule has 0 atom stereocenters. The second-order valence-corrected chi connectivity index (χ2v) is 5.98. The van der Waals surface area contributed by atoms with Gasteiger partial charge in [0.05, 0.1) is 25.2 Å². The molecule has 3 rings (SSSR count). The highest BCUT2D eigenvalue weighted by atomic mass is 35.5. The highest BCUT2D eigenvalue weighted by molar-refractivity contribution is 6.30. The number of aromatic nitrogens is 3. The lowest BCUT2D eigenvalue weighted by molar-refractivity contribution is 0.0955. The third kappa shape index (κ3) is 4.77. The van der Waals surface area contributed by atoms with Gasteiger partial charge < -0.3 is 0 Å². The van der Waals surface area contributed by atoms with E-state index in [2.05, 4.69) is 26.7 Å². The zero-order chi connectivity index (χ0) is 19.1. The maximum atomic E-state index is 12.0. The van der Waals surface area contributed by atoms with Crippen LogP contribution in [0.5, 0.6) is 0 Å². The van der Waals surface area contributed by atoms with Gasteiger partial charge in [-0.05, 0) is 24.3 Å². The largest absolute Gasteiger partial charge is 0.271 e. The Hall–Kier alpha value is -3.50. The molecule has 0 aliphatic rings. The maximum absolute atomic E-state index is 12.0. The number of hydrazone groups is 1. The van der Waals surface area contributed by atoms with Crippen LogP contribution < -0.4 is 5.43 Å². The van der Waals surface area contributed by atoms with E-state index in [0.717, 1.165) is 5.56 Å². The zero-order valence-electron chi connectivity index (χ0n) is 14.2. The van der Waals surface area contributed by atoms with Gasteiger partial charge in [0.15, 0.2) is 0 Å². The monoisotopic (exact) mass is 378 g/mol. The summed E-state index contributed by atoms with van der Waals surface area (Å²) < 4.78 is 1.68. The van der Waals surface area contributed by atoms with Gasteiger partial charge >= 0.3 is 0 Å². The number of nitriles is 1. The normalized spacial score (nSPS) is 10.7. The molecule has 0 aliphatic carbocycles. The molecule has 2 aromatic heterocycles. The molecule has 1 N–H and O–H groups in total. The molecular formula is C19H15ClN6O. The van der Waals surface area contributed by atoms with Crippen LogP contribution in [-0.2, 0) is 6.54 Å². The molecule has 0 bridgehead atoms. The van der Waals surface area contributed by atoms with Gasteiger partial charge in [-0.2, -0.15) is 15.5 Å². The molecule has 0 fully saturated rings. The van der Waals surface area contributed by atoms with Gasteiger partial charge in [-0.3, -0.25) is 14.5 Å². The number of aryl methyl sites for hydroxylation is 1. The van der Waals surface area contributed by atoms with Gasteiger partial charge in [0.2, 0.25) is 0 Å². The van der Waals surface area contributed by atoms with Crippen molar-refractivity contribution in [3.63, 3.8) is 0 Å². The minimum absolute atomic E-state index is 0.335. The molecule has 0 saturated heterocycles. The van der Waals surface area contributed by atoms with E-state index in [0.29, 0.717) is 34.8 Å². The first-order valence-electron chi connectivity index (χ1n) is 8.11. The van der Waals surface area contributed by atoms with Crippen LogP contribution in [0.2, 0.25) is 5.02 Å². The number of nitrogens with zero attached hydrogens (tertiary/aromatic N) is 5. The molecule has 134 valence electrons. The second kappa shape index (κ2) is 8.74. The summed E-state index contributed by atoms with van der Waals surface area (Å²) in [4.78, 5) is 15.9. The lowest BCUT2D eigenvalue weighted by Gasteiger charge is -2.00. The fourth-order valence-corrected chi connectivity index (χ4v) is 2.50. The summed E-state index contributed by atoms with van der Waals surface area (Å²) in [5, 5.41) is 17.9. The average Bonchev–Trinajstić information content (AvgIpc) is 3.10. The summed E-state index contributed by atoms with van der Waals surface area (Å²) in [5.74, 6) is -0.335. The van der Waals surface area contributed by atoms with E-state index in [1.54, 1.807) is 35.1 Å². The van der Waals surface area contributed by atoms with Gasteiger partial charge in [-0.15, -0.1) is 0 Å². The summed E-state index contributed by atoms with van der Waals surface area (Å²) in [7, 11) is 0. The Morgan fingerprint density at radius 2 is 2.00 bits per heavy atom. The predicted molar refractivity (Wildman–Crippen MR) is 102 cm³/mol. The van der Waals surface area contributed by atoms with Crippen LogP contribution in [0.4, 0.5) is 0 Å². The number of hydrogen-bond donors (Lipinski definition) is 1. The highest BCUT2D eigenvalue weighted by Crippen LogP contribution is 2.23. The van der Waals surface area contributed by atoms with Crippen LogP contribution in [0.15, 0.2) is 60.1 Å². The fourth-order valence-electron chi connectivity index (χ4n) is 2.37. The lowest BCUT2D eigenvalue weighted by Crippen LogP contribution is -2.17. The first-order valence-corrected chi connectivity index (χ1v) is 8.49. The van der Waals surface area contributed by atoms with Crippen LogP contribution >= 0.6 is 11.6 Å². The third-order valence-corrected chi connectivity index (χ3v) is 3.92. The summed E-state index contributed by atoms with van der Waals surface area (Å²) in [5.41, 5.74) is 5.20. The summed E-state index contributed by atoms with van der Waals surface area (Å²) in [6.07, 6.45) is 6.73. The Balaban J connectivity index is 1.82. The number of nitrogens with one attached hydrogen (secondary N) is 1. The molecule has 7 nitrogen and oxygen atoms in total. The number of carbonyl (C=O) groups is 1. The molecule has 0 radical (unpaired) electrons. The van der Waals surface area contributed by atoms with E-state index < -0.39 is 0 Å². The second-order valence-electron chi connectivity index (χ2n) is 5.55. The van der Waals surface area contributed by atoms with Crippen molar-refractivity contribution in [3.05, 3.63) is 71.1 Å². The van der Waals surface area contributed by atoms with Crippen molar-refractivity contribution in [1.82, 2.24) is 20.2 Å². The molecule has 0 spiro atoms. The standard InChI is InChI=1S/C19H15ClN6O/c20-17-4-2-14(3-5-17)18-16(13-26(25-18)11-1-8-21)12-23-24-19(27)15-6-9-22-10-7-15/h2-7,9-10,12-13H,1,11H2,(H,24,27). The molecule has 2 heterocycles. The van der Waals surface area contributed by atoms with Crippen molar-refractivity contribution in [1.29, 1.82) is 5.26 Å². The van der Waals surface area contributed by atoms with E-state index in [1.807, 2.05) is 12.1 Å². The van der Waals surface area contributed by atoms with Gasteiger partial charge in [-0.1, -0.05) is 23.7 Å². The number of hydrogen-bond acceptors (Lipinski definition) is 5. The predicted octanol–water partition coefficient (Wildman–Crippen LogP) is 3.28. The Morgan fingerprint density at radius 3 is 2.70 bits per heavy atom. The minimum atomic E-state index is -0.335. The van der Waals surface area contributed by atoms with Crippen molar-refractivity contribution >= 4 is 23.7 Å². The molecule has 27 heavy (non-hydrogen) atoms. The number of halogens is 1. The maximum Gasteiger partial charge on any atom is 0.271 e. The number of pyridine rings is 1. The van der Waals surface area contributed by atoms with Crippen molar-refractivity contribution in [3.8, 4) is 17.3 Å². The van der Waals surface area contributed by atoms with Crippen molar-refractivity contribution < 1.29 is 4.79 Å². The summed E-state index contributed by atoms with van der Waals surface area (Å²) in [6, 6.07) is 12.6. The average molecular weight is 379 g/mol. The molecule has 0 aliphatic heterocycles. The quantitative estimate of drug-likeness (QED) is 0.526. The van der Waals surface area contributed by atoms with Gasteiger partial charge in [-0.25, -0.2) is 5.43 Å². The van der Waals surface area contributed by atoms with Crippen LogP contribution in [-0.4, -0.2) is 26.9 Å². The molecular weight excluding hydrogens is 364 g/mol. The SMILES string of the molecule is N#CCCn1cc(C=NNC(=O)c2ccncc2)c(-c2ccc(Cl)cc2)n1. The summed E-state index contributed by atoms with van der Waals surface area (Å²) >= 11 is 5.95. The van der Waals surface area contributed by atoms with Crippen molar-refractivity contribution in [2.24, 2.45) is 5.10 Å². The topological polar surface area (TPSA) is 96.0 Å². The number of carbonyl (C=O) groups excluding carboxylic acids is 1. The minimum Gasteiger partial charge on any atom is -0.270 e.